The van der Waals surface area contributed by atoms with Crippen LogP contribution in [-0.4, -0.2) is 53.7 Å². The second kappa shape index (κ2) is 5.44. The standard InChI is InChI=1S/C9H9NO4.Ca.2H/c1-5-6(2)8(10(13)14)4-3-7(5)9(11)12;;;/h3-4H,1-2H3,(H,11,12);;;. The zero-order valence-electron chi connectivity index (χ0n) is 7.77. The second-order valence-corrected chi connectivity index (χ2v) is 2.94. The molecule has 0 atom stereocenters. The molecule has 5 nitrogen and oxygen atoms in total. The van der Waals surface area contributed by atoms with Gasteiger partial charge in [-0.15, -0.1) is 0 Å². The van der Waals surface area contributed by atoms with Crippen LogP contribution in [0.2, 0.25) is 0 Å². The zero-order chi connectivity index (χ0) is 10.9. The Labute approximate surface area is 116 Å². The molecular weight excluding hydrogens is 226 g/mol. The Morgan fingerprint density at radius 3 is 2.27 bits per heavy atom. The van der Waals surface area contributed by atoms with Crippen molar-refractivity contribution in [3.63, 3.8) is 0 Å². The van der Waals surface area contributed by atoms with E-state index in [-0.39, 0.29) is 49.0 Å². The summed E-state index contributed by atoms with van der Waals surface area (Å²) in [6.45, 7) is 3.10. The normalized spacial score (nSPS) is 9.20. The van der Waals surface area contributed by atoms with E-state index in [9.17, 15) is 14.9 Å². The van der Waals surface area contributed by atoms with Crippen LogP contribution >= 0.6 is 0 Å². The van der Waals surface area contributed by atoms with E-state index in [1.54, 1.807) is 13.8 Å². The van der Waals surface area contributed by atoms with Gasteiger partial charge in [0.2, 0.25) is 0 Å². The molecule has 0 amide bonds. The van der Waals surface area contributed by atoms with Gasteiger partial charge in [0.25, 0.3) is 5.69 Å². The molecule has 78 valence electrons. The maximum atomic E-state index is 10.7. The Bertz CT molecular complexity index is 378. The topological polar surface area (TPSA) is 80.4 Å². The van der Waals surface area contributed by atoms with Gasteiger partial charge in [-0.3, -0.25) is 10.1 Å². The van der Waals surface area contributed by atoms with E-state index in [1.807, 2.05) is 0 Å². The van der Waals surface area contributed by atoms with Crippen LogP contribution < -0.4 is 0 Å². The van der Waals surface area contributed by atoms with E-state index >= 15 is 0 Å². The van der Waals surface area contributed by atoms with Crippen LogP contribution in [0.1, 0.15) is 21.5 Å². The minimum atomic E-state index is -1.07. The quantitative estimate of drug-likeness (QED) is 0.472. The van der Waals surface area contributed by atoms with Crippen LogP contribution in [0.5, 0.6) is 0 Å². The average Bonchev–Trinajstić information content (AvgIpc) is 2.08. The van der Waals surface area contributed by atoms with Gasteiger partial charge in [-0.05, 0) is 25.5 Å². The number of nitrogens with zero attached hydrogens (tertiary/aromatic N) is 1. The van der Waals surface area contributed by atoms with Crippen molar-refractivity contribution in [3.8, 4) is 0 Å². The SMILES string of the molecule is Cc1c(C(=O)O)ccc([N+](=O)[O-])c1C.[CaH2]. The Morgan fingerprint density at radius 1 is 1.33 bits per heavy atom. The third-order valence-electron chi connectivity index (χ3n) is 2.19. The van der Waals surface area contributed by atoms with Crippen LogP contribution in [0.4, 0.5) is 5.69 Å². The summed E-state index contributed by atoms with van der Waals surface area (Å²) in [5.41, 5.74) is 0.891. The summed E-state index contributed by atoms with van der Waals surface area (Å²) >= 11 is 0. The number of nitro groups is 1. The Hall–Kier alpha value is -0.650. The molecule has 0 unspecified atom stereocenters. The number of aromatic carboxylic acids is 1. The van der Waals surface area contributed by atoms with Crippen molar-refractivity contribution in [1.29, 1.82) is 0 Å². The molecule has 1 aromatic carbocycles. The Kier molecular flexibility index (Phi) is 5.20. The number of hydrogen-bond donors (Lipinski definition) is 1. The minimum absolute atomic E-state index is 0. The first-order chi connectivity index (χ1) is 6.45. The Morgan fingerprint density at radius 2 is 1.87 bits per heavy atom. The van der Waals surface area contributed by atoms with E-state index in [2.05, 4.69) is 0 Å². The molecule has 0 bridgehead atoms. The van der Waals surface area contributed by atoms with Crippen LogP contribution in [-0.2, 0) is 0 Å². The number of benzene rings is 1. The molecule has 6 heteroatoms. The van der Waals surface area contributed by atoms with E-state index < -0.39 is 10.9 Å². The zero-order valence-corrected chi connectivity index (χ0v) is 7.77. The molecule has 0 aromatic heterocycles. The number of carboxylic acid groups (broad SMARTS) is 1. The molecule has 0 aliphatic carbocycles. The van der Waals surface area contributed by atoms with Crippen molar-refractivity contribution in [2.45, 2.75) is 13.8 Å². The first-order valence-electron chi connectivity index (χ1n) is 3.93. The maximum absolute atomic E-state index is 10.7. The Balaban J connectivity index is 0.00000196. The third-order valence-corrected chi connectivity index (χ3v) is 2.19. The van der Waals surface area contributed by atoms with Gasteiger partial charge < -0.3 is 5.11 Å². The fourth-order valence-corrected chi connectivity index (χ4v) is 1.24. The molecule has 0 saturated heterocycles. The summed E-state index contributed by atoms with van der Waals surface area (Å²) in [7, 11) is 0. The van der Waals surface area contributed by atoms with Gasteiger partial charge in [0.15, 0.2) is 0 Å². The van der Waals surface area contributed by atoms with E-state index in [0.29, 0.717) is 11.1 Å². The van der Waals surface area contributed by atoms with E-state index in [0.717, 1.165) is 0 Å². The van der Waals surface area contributed by atoms with Gasteiger partial charge in [0.1, 0.15) is 0 Å². The molecular formula is C9H11CaNO4. The molecule has 0 radical (unpaired) electrons. The van der Waals surface area contributed by atoms with Gasteiger partial charge in [-0.1, -0.05) is 0 Å². The molecule has 0 fully saturated rings. The summed E-state index contributed by atoms with van der Waals surface area (Å²) in [4.78, 5) is 20.7. The molecule has 0 heterocycles. The fourth-order valence-electron chi connectivity index (χ4n) is 1.24. The van der Waals surface area contributed by atoms with Gasteiger partial charge >= 0.3 is 43.7 Å². The summed E-state index contributed by atoms with van der Waals surface area (Å²) in [6.07, 6.45) is 0. The van der Waals surface area contributed by atoms with Crippen molar-refractivity contribution < 1.29 is 14.8 Å². The van der Waals surface area contributed by atoms with Crippen molar-refractivity contribution >= 4 is 49.4 Å². The second-order valence-electron chi connectivity index (χ2n) is 2.94. The third kappa shape index (κ3) is 2.90. The summed E-state index contributed by atoms with van der Waals surface area (Å²) in [6, 6.07) is 2.47. The van der Waals surface area contributed by atoms with Gasteiger partial charge in [-0.25, -0.2) is 4.79 Å². The first kappa shape index (κ1) is 14.3. The number of carboxylic acids is 1. The van der Waals surface area contributed by atoms with Crippen molar-refractivity contribution in [3.05, 3.63) is 38.9 Å². The van der Waals surface area contributed by atoms with E-state index in [1.165, 1.54) is 12.1 Å². The summed E-state index contributed by atoms with van der Waals surface area (Å²) in [5.74, 6) is -1.07. The molecule has 0 aliphatic heterocycles. The van der Waals surface area contributed by atoms with Gasteiger partial charge in [-0.2, -0.15) is 0 Å². The molecule has 15 heavy (non-hydrogen) atoms. The predicted octanol–water partition coefficient (Wildman–Crippen LogP) is 0.994. The predicted molar refractivity (Wildman–Crippen MR) is 58.1 cm³/mol. The summed E-state index contributed by atoms with van der Waals surface area (Å²) in [5, 5.41) is 19.3. The molecule has 0 aliphatic rings. The average molecular weight is 237 g/mol. The number of rotatable bonds is 2. The molecule has 0 saturated carbocycles. The molecule has 0 spiro atoms. The summed E-state index contributed by atoms with van der Waals surface area (Å²) < 4.78 is 0. The first-order valence-corrected chi connectivity index (χ1v) is 3.93. The van der Waals surface area contributed by atoms with Crippen LogP contribution in [0.15, 0.2) is 12.1 Å². The number of carbonyl (C=O) groups is 1. The number of hydrogen-bond acceptors (Lipinski definition) is 3. The van der Waals surface area contributed by atoms with Crippen molar-refractivity contribution in [1.82, 2.24) is 0 Å². The molecule has 1 aromatic rings. The van der Waals surface area contributed by atoms with Crippen LogP contribution in [0.3, 0.4) is 0 Å². The fraction of sp³-hybridized carbons (Fsp3) is 0.222. The monoisotopic (exact) mass is 237 g/mol. The molecule has 1 N–H and O–H groups in total. The number of nitro benzene ring substituents is 1. The van der Waals surface area contributed by atoms with Gasteiger partial charge in [0, 0.05) is 11.6 Å². The van der Waals surface area contributed by atoms with Crippen LogP contribution in [0.25, 0.3) is 0 Å². The van der Waals surface area contributed by atoms with E-state index in [4.69, 9.17) is 5.11 Å². The van der Waals surface area contributed by atoms with Gasteiger partial charge in [0.05, 0.1) is 10.5 Å². The van der Waals surface area contributed by atoms with Crippen molar-refractivity contribution in [2.75, 3.05) is 0 Å². The van der Waals surface area contributed by atoms with Crippen molar-refractivity contribution in [2.24, 2.45) is 0 Å². The molecule has 1 rings (SSSR count). The van der Waals surface area contributed by atoms with Crippen LogP contribution in [0, 0.1) is 24.0 Å².